The predicted molar refractivity (Wildman–Crippen MR) is 76.7 cm³/mol. The molecule has 2 fully saturated rings. The fourth-order valence-corrected chi connectivity index (χ4v) is 4.78. The number of amides is 2. The molecule has 3 N–H and O–H groups in total. The van der Waals surface area contributed by atoms with Gasteiger partial charge in [-0.05, 0) is 38.5 Å². The Bertz CT molecular complexity index is 497. The molecule has 0 radical (unpaired) electrons. The molecule has 0 aromatic carbocycles. The van der Waals surface area contributed by atoms with E-state index in [9.17, 15) is 18.0 Å². The summed E-state index contributed by atoms with van der Waals surface area (Å²) in [6, 6.07) is -0.392. The molecule has 1 aliphatic carbocycles. The lowest BCUT2D eigenvalue weighted by Gasteiger charge is -2.27. The molecule has 2 amide bonds. The molecule has 2 rings (SSSR count). The molecule has 8 heteroatoms. The van der Waals surface area contributed by atoms with Crippen LogP contribution in [-0.4, -0.2) is 49.1 Å². The lowest BCUT2D eigenvalue weighted by molar-refractivity contribution is -0.142. The number of carboxylic acids is 1. The quantitative estimate of drug-likeness (QED) is 0.699. The van der Waals surface area contributed by atoms with Gasteiger partial charge in [0.05, 0.1) is 16.9 Å². The van der Waals surface area contributed by atoms with Crippen molar-refractivity contribution in [1.29, 1.82) is 0 Å². The summed E-state index contributed by atoms with van der Waals surface area (Å²) >= 11 is 0. The summed E-state index contributed by atoms with van der Waals surface area (Å²) in [7, 11) is -3.04. The first-order valence-corrected chi connectivity index (χ1v) is 9.09. The van der Waals surface area contributed by atoms with Gasteiger partial charge in [0, 0.05) is 12.6 Å². The van der Waals surface area contributed by atoms with Crippen LogP contribution in [0.25, 0.3) is 0 Å². The Morgan fingerprint density at radius 3 is 2.29 bits per heavy atom. The molecule has 1 unspecified atom stereocenters. The van der Waals surface area contributed by atoms with Crippen molar-refractivity contribution in [2.75, 3.05) is 12.3 Å². The van der Waals surface area contributed by atoms with Crippen LogP contribution < -0.4 is 10.6 Å². The minimum Gasteiger partial charge on any atom is -0.481 e. The van der Waals surface area contributed by atoms with Gasteiger partial charge in [0.15, 0.2) is 9.84 Å². The van der Waals surface area contributed by atoms with Crippen LogP contribution in [0.1, 0.15) is 38.5 Å². The molecule has 7 nitrogen and oxygen atoms in total. The maximum absolute atomic E-state index is 11.8. The van der Waals surface area contributed by atoms with Gasteiger partial charge in [-0.2, -0.15) is 0 Å². The Balaban J connectivity index is 1.70. The number of nitrogens with one attached hydrogen (secondary N) is 2. The number of carboxylic acid groups (broad SMARTS) is 1. The molecule has 1 atom stereocenters. The average molecular weight is 318 g/mol. The molecule has 1 aliphatic heterocycles. The second-order valence-electron chi connectivity index (χ2n) is 5.87. The Labute approximate surface area is 124 Å². The van der Waals surface area contributed by atoms with Crippen molar-refractivity contribution in [1.82, 2.24) is 10.6 Å². The molecule has 0 aromatic rings. The van der Waals surface area contributed by atoms with Crippen LogP contribution in [0.2, 0.25) is 0 Å². The molecule has 21 heavy (non-hydrogen) atoms. The summed E-state index contributed by atoms with van der Waals surface area (Å²) in [5.41, 5.74) is 0. The summed E-state index contributed by atoms with van der Waals surface area (Å²) < 4.78 is 23.3. The van der Waals surface area contributed by atoms with E-state index in [2.05, 4.69) is 10.6 Å². The molecular weight excluding hydrogens is 296 g/mol. The van der Waals surface area contributed by atoms with Gasteiger partial charge < -0.3 is 15.7 Å². The SMILES string of the molecule is O=C(NCC1CCCS1(=O)=O)NC1CCC(C(=O)O)CC1. The molecule has 0 bridgehead atoms. The number of hydrogen-bond acceptors (Lipinski definition) is 4. The number of carbonyl (C=O) groups excluding carboxylic acids is 1. The predicted octanol–water partition coefficient (Wildman–Crippen LogP) is 0.506. The third-order valence-electron chi connectivity index (χ3n) is 4.36. The van der Waals surface area contributed by atoms with Crippen molar-refractivity contribution in [3.8, 4) is 0 Å². The number of carbonyl (C=O) groups is 2. The van der Waals surface area contributed by atoms with E-state index in [-0.39, 0.29) is 30.3 Å². The van der Waals surface area contributed by atoms with Crippen molar-refractivity contribution in [3.63, 3.8) is 0 Å². The van der Waals surface area contributed by atoms with Crippen molar-refractivity contribution in [2.24, 2.45) is 5.92 Å². The summed E-state index contributed by atoms with van der Waals surface area (Å²) in [5.74, 6) is -0.876. The highest BCUT2D eigenvalue weighted by atomic mass is 32.2. The topological polar surface area (TPSA) is 113 Å². The molecule has 0 aromatic heterocycles. The number of aliphatic carboxylic acids is 1. The van der Waals surface area contributed by atoms with Gasteiger partial charge in [0.25, 0.3) is 0 Å². The van der Waals surface area contributed by atoms with Gasteiger partial charge in [0.1, 0.15) is 0 Å². The first-order valence-electron chi connectivity index (χ1n) is 7.37. The monoisotopic (exact) mass is 318 g/mol. The minimum atomic E-state index is -3.04. The van der Waals surface area contributed by atoms with Crippen LogP contribution in [0.4, 0.5) is 4.79 Å². The number of hydrogen-bond donors (Lipinski definition) is 3. The lowest BCUT2D eigenvalue weighted by Crippen LogP contribution is -2.46. The van der Waals surface area contributed by atoms with Crippen LogP contribution in [0.3, 0.4) is 0 Å². The Morgan fingerprint density at radius 1 is 1.10 bits per heavy atom. The van der Waals surface area contributed by atoms with Crippen molar-refractivity contribution in [2.45, 2.75) is 49.8 Å². The van der Waals surface area contributed by atoms with Crippen LogP contribution in [0.15, 0.2) is 0 Å². The number of sulfone groups is 1. The molecule has 120 valence electrons. The van der Waals surface area contributed by atoms with E-state index >= 15 is 0 Å². The Kier molecular flexibility index (Phi) is 5.08. The zero-order chi connectivity index (χ0) is 15.5. The maximum atomic E-state index is 11.8. The zero-order valence-corrected chi connectivity index (χ0v) is 12.7. The van der Waals surface area contributed by atoms with E-state index < -0.39 is 21.1 Å². The van der Waals surface area contributed by atoms with Gasteiger partial charge >= 0.3 is 12.0 Å². The third-order valence-corrected chi connectivity index (χ3v) is 6.64. The van der Waals surface area contributed by atoms with E-state index in [1.807, 2.05) is 0 Å². The standard InChI is InChI=1S/C13H22N2O5S/c16-12(17)9-3-5-10(6-4-9)15-13(18)14-8-11-2-1-7-21(11,19)20/h9-11H,1-8H2,(H,16,17)(H2,14,15,18). The average Bonchev–Trinajstić information content (AvgIpc) is 2.76. The maximum Gasteiger partial charge on any atom is 0.315 e. The van der Waals surface area contributed by atoms with Crippen molar-refractivity contribution >= 4 is 21.8 Å². The second-order valence-corrected chi connectivity index (χ2v) is 8.27. The van der Waals surface area contributed by atoms with Crippen LogP contribution in [0.5, 0.6) is 0 Å². The number of rotatable bonds is 4. The van der Waals surface area contributed by atoms with Gasteiger partial charge in [-0.15, -0.1) is 0 Å². The number of urea groups is 1. The van der Waals surface area contributed by atoms with Crippen LogP contribution in [0, 0.1) is 5.92 Å². The summed E-state index contributed by atoms with van der Waals surface area (Å²) in [4.78, 5) is 22.6. The fraction of sp³-hybridized carbons (Fsp3) is 0.846. The van der Waals surface area contributed by atoms with Crippen LogP contribution in [-0.2, 0) is 14.6 Å². The first-order chi connectivity index (χ1) is 9.88. The largest absolute Gasteiger partial charge is 0.481 e. The van der Waals surface area contributed by atoms with E-state index in [0.717, 1.165) is 0 Å². The van der Waals surface area contributed by atoms with E-state index in [1.165, 1.54) is 0 Å². The highest BCUT2D eigenvalue weighted by Gasteiger charge is 2.32. The molecule has 1 saturated carbocycles. The molecule has 1 saturated heterocycles. The summed E-state index contributed by atoms with van der Waals surface area (Å²) in [5, 5.41) is 13.8. The zero-order valence-electron chi connectivity index (χ0n) is 11.9. The summed E-state index contributed by atoms with van der Waals surface area (Å²) in [6.45, 7) is 0.151. The first kappa shape index (κ1) is 16.1. The van der Waals surface area contributed by atoms with Gasteiger partial charge in [-0.3, -0.25) is 4.79 Å². The Hall–Kier alpha value is -1.31. The Morgan fingerprint density at radius 2 is 1.76 bits per heavy atom. The van der Waals surface area contributed by atoms with Gasteiger partial charge in [-0.25, -0.2) is 13.2 Å². The van der Waals surface area contributed by atoms with Crippen LogP contribution >= 0.6 is 0 Å². The van der Waals surface area contributed by atoms with E-state index in [1.54, 1.807) is 0 Å². The normalized spacial score (nSPS) is 31.5. The highest BCUT2D eigenvalue weighted by Crippen LogP contribution is 2.24. The molecule has 0 spiro atoms. The van der Waals surface area contributed by atoms with Crippen molar-refractivity contribution < 1.29 is 23.1 Å². The van der Waals surface area contributed by atoms with Gasteiger partial charge in [0.2, 0.25) is 0 Å². The molecule has 1 heterocycles. The minimum absolute atomic E-state index is 0.0271. The van der Waals surface area contributed by atoms with Gasteiger partial charge in [-0.1, -0.05) is 0 Å². The van der Waals surface area contributed by atoms with E-state index in [4.69, 9.17) is 5.11 Å². The molecule has 2 aliphatic rings. The van der Waals surface area contributed by atoms with E-state index in [0.29, 0.717) is 38.5 Å². The smallest absolute Gasteiger partial charge is 0.315 e. The van der Waals surface area contributed by atoms with Crippen molar-refractivity contribution in [3.05, 3.63) is 0 Å². The lowest BCUT2D eigenvalue weighted by atomic mass is 9.86. The molecular formula is C13H22N2O5S. The summed E-state index contributed by atoms with van der Waals surface area (Å²) in [6.07, 6.45) is 3.69. The third kappa shape index (κ3) is 4.33. The highest BCUT2D eigenvalue weighted by molar-refractivity contribution is 7.92. The fourth-order valence-electron chi connectivity index (χ4n) is 3.02. The second kappa shape index (κ2) is 6.64.